The van der Waals surface area contributed by atoms with Crippen LogP contribution >= 0.6 is 0 Å². The fourth-order valence-corrected chi connectivity index (χ4v) is 3.59. The third-order valence-corrected chi connectivity index (χ3v) is 4.91. The van der Waals surface area contributed by atoms with Gasteiger partial charge in [-0.15, -0.1) is 0 Å². The van der Waals surface area contributed by atoms with Crippen LogP contribution in [0.25, 0.3) is 0 Å². The van der Waals surface area contributed by atoms with Crippen LogP contribution in [0.5, 0.6) is 0 Å². The predicted octanol–water partition coefficient (Wildman–Crippen LogP) is 2.69. The van der Waals surface area contributed by atoms with E-state index in [2.05, 4.69) is 22.1 Å². The first kappa shape index (κ1) is 17.7. The largest absolute Gasteiger partial charge is 0.355 e. The van der Waals surface area contributed by atoms with E-state index in [-0.39, 0.29) is 11.7 Å². The van der Waals surface area contributed by atoms with Crippen molar-refractivity contribution in [3.8, 4) is 0 Å². The molecule has 1 amide bonds. The second kappa shape index (κ2) is 7.77. The highest BCUT2D eigenvalue weighted by Gasteiger charge is 2.21. The van der Waals surface area contributed by atoms with Crippen molar-refractivity contribution in [3.63, 3.8) is 0 Å². The quantitative estimate of drug-likeness (QED) is 0.792. The Balaban J connectivity index is 1.89. The molecule has 1 atom stereocenters. The number of amides is 1. The maximum Gasteiger partial charge on any atom is 0.253 e. The molecule has 23 heavy (non-hydrogen) atoms. The number of piperidine rings is 1. The molecule has 5 nitrogen and oxygen atoms in total. The average molecular weight is 319 g/mol. The fourth-order valence-electron chi connectivity index (χ4n) is 3.59. The summed E-state index contributed by atoms with van der Waals surface area (Å²) in [6.45, 7) is 11.5. The lowest BCUT2D eigenvalue weighted by atomic mass is 9.95. The average Bonchev–Trinajstić information content (AvgIpc) is 2.82. The van der Waals surface area contributed by atoms with Crippen LogP contribution in [0, 0.1) is 19.8 Å². The Bertz CT molecular complexity index is 577. The number of hydrogen-bond acceptors (Lipinski definition) is 3. The van der Waals surface area contributed by atoms with Gasteiger partial charge in [-0.2, -0.15) is 0 Å². The molecule has 0 aliphatic carbocycles. The number of H-pyrrole nitrogens is 1. The summed E-state index contributed by atoms with van der Waals surface area (Å²) in [5, 5.41) is 3.02. The molecule has 0 aromatic carbocycles. The maximum absolute atomic E-state index is 12.4. The summed E-state index contributed by atoms with van der Waals surface area (Å²) < 4.78 is 0. The Morgan fingerprint density at radius 3 is 2.70 bits per heavy atom. The lowest BCUT2D eigenvalue weighted by Crippen LogP contribution is -2.37. The number of ketones is 1. The van der Waals surface area contributed by atoms with Crippen molar-refractivity contribution in [2.75, 3.05) is 26.2 Å². The van der Waals surface area contributed by atoms with Crippen LogP contribution in [0.4, 0.5) is 0 Å². The van der Waals surface area contributed by atoms with Crippen molar-refractivity contribution in [3.05, 3.63) is 22.5 Å². The van der Waals surface area contributed by atoms with E-state index in [9.17, 15) is 9.59 Å². The van der Waals surface area contributed by atoms with Crippen molar-refractivity contribution < 1.29 is 9.59 Å². The van der Waals surface area contributed by atoms with Crippen molar-refractivity contribution in [2.24, 2.45) is 5.92 Å². The van der Waals surface area contributed by atoms with Crippen molar-refractivity contribution >= 4 is 11.7 Å². The number of aromatic amines is 1. The molecule has 1 aromatic rings. The van der Waals surface area contributed by atoms with Gasteiger partial charge in [0, 0.05) is 25.7 Å². The van der Waals surface area contributed by atoms with E-state index in [4.69, 9.17) is 0 Å². The molecule has 2 N–H and O–H groups in total. The Morgan fingerprint density at radius 2 is 2.09 bits per heavy atom. The minimum absolute atomic E-state index is 0.0356. The van der Waals surface area contributed by atoms with E-state index < -0.39 is 0 Å². The molecule has 1 saturated heterocycles. The molecule has 0 bridgehead atoms. The number of nitrogens with zero attached hydrogens (tertiary/aromatic N) is 1. The number of hydrogen-bond donors (Lipinski definition) is 2. The van der Waals surface area contributed by atoms with E-state index in [1.54, 1.807) is 0 Å². The Kier molecular flexibility index (Phi) is 5.99. The molecule has 0 spiro atoms. The summed E-state index contributed by atoms with van der Waals surface area (Å²) in [6, 6.07) is 0. The normalized spacial score (nSPS) is 18.9. The number of likely N-dealkylation sites (tertiary alicyclic amines) is 1. The summed E-state index contributed by atoms with van der Waals surface area (Å²) in [6.07, 6.45) is 3.53. The molecule has 1 aliphatic rings. The van der Waals surface area contributed by atoms with Crippen LogP contribution in [0.3, 0.4) is 0 Å². The van der Waals surface area contributed by atoms with Gasteiger partial charge in [-0.1, -0.05) is 6.92 Å². The fraction of sp³-hybridized carbons (Fsp3) is 0.667. The highest BCUT2D eigenvalue weighted by molar-refractivity contribution is 6.02. The molecule has 1 aromatic heterocycles. The Morgan fingerprint density at radius 1 is 1.35 bits per heavy atom. The van der Waals surface area contributed by atoms with E-state index >= 15 is 0 Å². The van der Waals surface area contributed by atoms with Crippen LogP contribution in [-0.2, 0) is 0 Å². The number of Topliss-reactive ketones (excluding diaryl/α,β-unsaturated/α-hetero) is 1. The van der Waals surface area contributed by atoms with E-state index in [1.165, 1.54) is 26.3 Å². The second-order valence-corrected chi connectivity index (χ2v) is 6.63. The second-order valence-electron chi connectivity index (χ2n) is 6.63. The van der Waals surface area contributed by atoms with Crippen molar-refractivity contribution in [1.29, 1.82) is 0 Å². The van der Waals surface area contributed by atoms with Gasteiger partial charge in [0.05, 0.1) is 11.3 Å². The summed E-state index contributed by atoms with van der Waals surface area (Å²) in [7, 11) is 0. The number of aromatic nitrogens is 1. The van der Waals surface area contributed by atoms with Crippen LogP contribution in [0.1, 0.15) is 65.2 Å². The zero-order valence-electron chi connectivity index (χ0n) is 14.8. The van der Waals surface area contributed by atoms with Gasteiger partial charge in [0.25, 0.3) is 5.91 Å². The van der Waals surface area contributed by atoms with Gasteiger partial charge in [0.15, 0.2) is 5.78 Å². The van der Waals surface area contributed by atoms with E-state index in [1.807, 2.05) is 13.8 Å². The maximum atomic E-state index is 12.4. The third kappa shape index (κ3) is 4.22. The molecule has 0 radical (unpaired) electrons. The number of rotatable bonds is 6. The Labute approximate surface area is 138 Å². The molecule has 2 heterocycles. The first-order valence-electron chi connectivity index (χ1n) is 8.64. The van der Waals surface area contributed by atoms with Gasteiger partial charge >= 0.3 is 0 Å². The highest BCUT2D eigenvalue weighted by Crippen LogP contribution is 2.20. The van der Waals surface area contributed by atoms with E-state index in [0.29, 0.717) is 23.7 Å². The summed E-state index contributed by atoms with van der Waals surface area (Å²) >= 11 is 0. The molecule has 2 rings (SSSR count). The van der Waals surface area contributed by atoms with Gasteiger partial charge in [-0.3, -0.25) is 9.59 Å². The number of nitrogens with one attached hydrogen (secondary N) is 2. The molecule has 1 fully saturated rings. The number of aryl methyl sites for hydroxylation is 1. The molecular formula is C18H29N3O2. The first-order valence-corrected chi connectivity index (χ1v) is 8.64. The molecule has 0 saturated carbocycles. The van der Waals surface area contributed by atoms with Crippen LogP contribution in [-0.4, -0.2) is 47.8 Å². The lowest BCUT2D eigenvalue weighted by molar-refractivity contribution is 0.0946. The van der Waals surface area contributed by atoms with Gasteiger partial charge < -0.3 is 15.2 Å². The molecule has 128 valence electrons. The molecule has 0 unspecified atom stereocenters. The van der Waals surface area contributed by atoms with Crippen molar-refractivity contribution in [2.45, 2.75) is 47.0 Å². The van der Waals surface area contributed by atoms with Gasteiger partial charge in [-0.25, -0.2) is 0 Å². The minimum Gasteiger partial charge on any atom is -0.355 e. The zero-order valence-corrected chi connectivity index (χ0v) is 14.8. The standard InChI is InChI=1S/C18H29N3O2/c1-5-21-10-6-7-15(11-21)8-9-19-18(23)16-12(2)17(14(4)22)20-13(16)3/h15,20H,5-11H2,1-4H3,(H,19,23)/t15-/m0/s1. The van der Waals surface area contributed by atoms with E-state index in [0.717, 1.165) is 30.8 Å². The minimum atomic E-state index is -0.0769. The summed E-state index contributed by atoms with van der Waals surface area (Å²) in [5.41, 5.74) is 2.68. The van der Waals surface area contributed by atoms with Crippen LogP contribution in [0.2, 0.25) is 0 Å². The lowest BCUT2D eigenvalue weighted by Gasteiger charge is -2.31. The zero-order chi connectivity index (χ0) is 17.0. The van der Waals surface area contributed by atoms with Crippen LogP contribution in [0.15, 0.2) is 0 Å². The number of carbonyl (C=O) groups is 2. The summed E-state index contributed by atoms with van der Waals surface area (Å²) in [5.74, 6) is 0.559. The first-order chi connectivity index (χ1) is 10.9. The smallest absolute Gasteiger partial charge is 0.253 e. The van der Waals surface area contributed by atoms with Crippen molar-refractivity contribution in [1.82, 2.24) is 15.2 Å². The topological polar surface area (TPSA) is 65.2 Å². The molecule has 1 aliphatic heterocycles. The highest BCUT2D eigenvalue weighted by atomic mass is 16.1. The van der Waals surface area contributed by atoms with Gasteiger partial charge in [-0.05, 0) is 57.7 Å². The van der Waals surface area contributed by atoms with Gasteiger partial charge in [0.2, 0.25) is 0 Å². The summed E-state index contributed by atoms with van der Waals surface area (Å²) in [4.78, 5) is 29.5. The van der Waals surface area contributed by atoms with Gasteiger partial charge in [0.1, 0.15) is 0 Å². The molecule has 5 heteroatoms. The monoisotopic (exact) mass is 319 g/mol. The van der Waals surface area contributed by atoms with Crippen LogP contribution < -0.4 is 5.32 Å². The third-order valence-electron chi connectivity index (χ3n) is 4.91. The Hall–Kier alpha value is -1.62. The molecular weight excluding hydrogens is 290 g/mol. The predicted molar refractivity (Wildman–Crippen MR) is 92.1 cm³/mol. The SMILES string of the molecule is CCN1CCC[C@@H](CCNC(=O)c2c(C)[nH]c(C(C)=O)c2C)C1. The number of carbonyl (C=O) groups excluding carboxylic acids is 2.